The van der Waals surface area contributed by atoms with Crippen molar-refractivity contribution in [1.29, 1.82) is 0 Å². The highest BCUT2D eigenvalue weighted by Crippen LogP contribution is 2.29. The first-order chi connectivity index (χ1) is 16.5. The highest BCUT2D eigenvalue weighted by Gasteiger charge is 2.25. The Morgan fingerprint density at radius 2 is 1.44 bits per heavy atom. The van der Waals surface area contributed by atoms with E-state index < -0.39 is 6.09 Å². The average Bonchev–Trinajstić information content (AvgIpc) is 2.89. The van der Waals surface area contributed by atoms with Gasteiger partial charge in [0.2, 0.25) is 0 Å². The zero-order valence-corrected chi connectivity index (χ0v) is 19.1. The van der Waals surface area contributed by atoms with Crippen molar-refractivity contribution in [3.63, 3.8) is 0 Å². The van der Waals surface area contributed by atoms with E-state index in [9.17, 15) is 18.8 Å². The van der Waals surface area contributed by atoms with E-state index in [4.69, 9.17) is 4.74 Å². The molecule has 2 aliphatic heterocycles. The molecular weight excluding hydrogens is 441 g/mol. The van der Waals surface area contributed by atoms with Crippen molar-refractivity contribution in [2.45, 2.75) is 0 Å². The highest BCUT2D eigenvalue weighted by atomic mass is 19.1. The average molecular weight is 470 g/mol. The number of methoxy groups -OCH3 is 1. The third-order valence-corrected chi connectivity index (χ3v) is 6.07. The van der Waals surface area contributed by atoms with Crippen LogP contribution in [0.15, 0.2) is 42.5 Å². The van der Waals surface area contributed by atoms with E-state index in [0.29, 0.717) is 56.1 Å². The quantitative estimate of drug-likeness (QED) is 0.712. The second-order valence-electron chi connectivity index (χ2n) is 8.18. The summed E-state index contributed by atoms with van der Waals surface area (Å²) in [6.07, 6.45) is -0.627. The Morgan fingerprint density at radius 1 is 0.853 bits per heavy atom. The van der Waals surface area contributed by atoms with Crippen LogP contribution in [0.3, 0.4) is 0 Å². The highest BCUT2D eigenvalue weighted by molar-refractivity contribution is 5.99. The fourth-order valence-corrected chi connectivity index (χ4v) is 4.18. The number of ether oxygens (including phenoxy) is 1. The van der Waals surface area contributed by atoms with Crippen LogP contribution in [0.2, 0.25) is 0 Å². The van der Waals surface area contributed by atoms with Crippen LogP contribution in [0.25, 0.3) is 0 Å². The first kappa shape index (κ1) is 23.5. The largest absolute Gasteiger partial charge is 0.453 e. The Bertz CT molecular complexity index is 1050. The summed E-state index contributed by atoms with van der Waals surface area (Å²) in [6.45, 7) is 4.76. The van der Waals surface area contributed by atoms with Gasteiger partial charge in [0.25, 0.3) is 11.8 Å². The summed E-state index contributed by atoms with van der Waals surface area (Å²) in [5.74, 6) is -0.619. The Balaban J connectivity index is 1.49. The van der Waals surface area contributed by atoms with Gasteiger partial charge < -0.3 is 24.8 Å². The zero-order valence-electron chi connectivity index (χ0n) is 19.1. The monoisotopic (exact) mass is 469 g/mol. The molecule has 0 bridgehead atoms. The van der Waals surface area contributed by atoms with E-state index in [0.717, 1.165) is 18.8 Å². The maximum Gasteiger partial charge on any atom is 0.411 e. The van der Waals surface area contributed by atoms with Crippen LogP contribution in [-0.2, 0) is 4.74 Å². The molecule has 0 radical (unpaired) electrons. The van der Waals surface area contributed by atoms with Gasteiger partial charge in [-0.15, -0.1) is 0 Å². The third-order valence-electron chi connectivity index (χ3n) is 6.07. The Hall–Kier alpha value is -3.66. The number of rotatable bonds is 4. The van der Waals surface area contributed by atoms with Gasteiger partial charge in [-0.2, -0.15) is 0 Å². The maximum atomic E-state index is 13.2. The van der Waals surface area contributed by atoms with Crippen LogP contribution >= 0.6 is 0 Å². The summed E-state index contributed by atoms with van der Waals surface area (Å²) >= 11 is 0. The van der Waals surface area contributed by atoms with Crippen molar-refractivity contribution in [2.24, 2.45) is 0 Å². The predicted molar refractivity (Wildman–Crippen MR) is 126 cm³/mol. The lowest BCUT2D eigenvalue weighted by atomic mass is 10.1. The zero-order chi connectivity index (χ0) is 24.1. The lowest BCUT2D eigenvalue weighted by Gasteiger charge is -2.37. The standard InChI is InChI=1S/C24H28FN5O4/c1-34-24(33)27-20-16-18(23(32)29-10-8-26-9-11-29)4-7-21(20)28-12-14-30(15-13-28)22(31)17-2-5-19(25)6-3-17/h2-7,16,26H,8-15H2,1H3,(H,27,33). The smallest absolute Gasteiger partial charge is 0.411 e. The van der Waals surface area contributed by atoms with Crippen LogP contribution in [0.4, 0.5) is 20.6 Å². The number of carbonyl (C=O) groups is 3. The SMILES string of the molecule is COC(=O)Nc1cc(C(=O)N2CCNCC2)ccc1N1CCN(C(=O)c2ccc(F)cc2)CC1. The number of hydrogen-bond acceptors (Lipinski definition) is 6. The summed E-state index contributed by atoms with van der Waals surface area (Å²) in [7, 11) is 1.28. The molecule has 2 aromatic carbocycles. The molecule has 2 heterocycles. The molecule has 2 aliphatic rings. The summed E-state index contributed by atoms with van der Waals surface area (Å²) in [5, 5.41) is 5.94. The molecule has 10 heteroatoms. The maximum absolute atomic E-state index is 13.2. The normalized spacial score (nSPS) is 16.2. The van der Waals surface area contributed by atoms with E-state index in [-0.39, 0.29) is 17.6 Å². The van der Waals surface area contributed by atoms with E-state index >= 15 is 0 Å². The van der Waals surface area contributed by atoms with Crippen LogP contribution in [0.5, 0.6) is 0 Å². The molecule has 2 fully saturated rings. The molecule has 0 saturated carbocycles. The topological polar surface area (TPSA) is 94.2 Å². The van der Waals surface area contributed by atoms with E-state index in [1.807, 2.05) is 6.07 Å². The number of anilines is 2. The summed E-state index contributed by atoms with van der Waals surface area (Å²) in [5.41, 5.74) is 2.16. The molecule has 3 amide bonds. The number of benzene rings is 2. The summed E-state index contributed by atoms with van der Waals surface area (Å²) in [4.78, 5) is 43.2. The van der Waals surface area contributed by atoms with Gasteiger partial charge in [0, 0.05) is 63.5 Å². The number of nitrogens with zero attached hydrogens (tertiary/aromatic N) is 3. The van der Waals surface area contributed by atoms with Crippen molar-refractivity contribution >= 4 is 29.3 Å². The van der Waals surface area contributed by atoms with Crippen LogP contribution in [-0.4, -0.2) is 87.2 Å². The van der Waals surface area contributed by atoms with Gasteiger partial charge in [-0.1, -0.05) is 0 Å². The Morgan fingerprint density at radius 3 is 2.09 bits per heavy atom. The lowest BCUT2D eigenvalue weighted by molar-refractivity contribution is 0.0731. The van der Waals surface area contributed by atoms with Crippen molar-refractivity contribution < 1.29 is 23.5 Å². The molecule has 0 spiro atoms. The van der Waals surface area contributed by atoms with E-state index in [1.54, 1.807) is 21.9 Å². The van der Waals surface area contributed by atoms with Gasteiger partial charge >= 0.3 is 6.09 Å². The number of hydrogen-bond donors (Lipinski definition) is 2. The number of nitrogens with one attached hydrogen (secondary N) is 2. The molecule has 180 valence electrons. The van der Waals surface area contributed by atoms with Crippen molar-refractivity contribution in [2.75, 3.05) is 69.7 Å². The summed E-state index contributed by atoms with van der Waals surface area (Å²) in [6, 6.07) is 10.8. The second kappa shape index (κ2) is 10.5. The molecular formula is C24H28FN5O4. The Labute approximate surface area is 197 Å². The van der Waals surface area contributed by atoms with Gasteiger partial charge in [0.15, 0.2) is 0 Å². The molecule has 2 N–H and O–H groups in total. The van der Waals surface area contributed by atoms with E-state index in [2.05, 4.69) is 15.5 Å². The third kappa shape index (κ3) is 5.28. The molecule has 9 nitrogen and oxygen atoms in total. The van der Waals surface area contributed by atoms with Crippen molar-refractivity contribution in [3.8, 4) is 0 Å². The van der Waals surface area contributed by atoms with Gasteiger partial charge in [-0.25, -0.2) is 9.18 Å². The second-order valence-corrected chi connectivity index (χ2v) is 8.18. The van der Waals surface area contributed by atoms with Gasteiger partial charge in [-0.05, 0) is 42.5 Å². The first-order valence-corrected chi connectivity index (χ1v) is 11.2. The first-order valence-electron chi connectivity index (χ1n) is 11.2. The minimum atomic E-state index is -0.627. The summed E-state index contributed by atoms with van der Waals surface area (Å²) < 4.78 is 17.9. The van der Waals surface area contributed by atoms with Crippen molar-refractivity contribution in [3.05, 3.63) is 59.4 Å². The number of halogens is 1. The Kier molecular flexibility index (Phi) is 7.27. The van der Waals surface area contributed by atoms with Crippen LogP contribution in [0.1, 0.15) is 20.7 Å². The van der Waals surface area contributed by atoms with Crippen LogP contribution < -0.4 is 15.5 Å². The van der Waals surface area contributed by atoms with Gasteiger partial charge in [0.1, 0.15) is 5.82 Å². The molecule has 0 aromatic heterocycles. The molecule has 0 aliphatic carbocycles. The lowest BCUT2D eigenvalue weighted by Crippen LogP contribution is -2.49. The molecule has 34 heavy (non-hydrogen) atoms. The fraction of sp³-hybridized carbons (Fsp3) is 0.375. The number of piperazine rings is 2. The molecule has 0 unspecified atom stereocenters. The minimum Gasteiger partial charge on any atom is -0.453 e. The van der Waals surface area contributed by atoms with Gasteiger partial charge in [0.05, 0.1) is 18.5 Å². The van der Waals surface area contributed by atoms with Crippen LogP contribution in [0, 0.1) is 5.82 Å². The van der Waals surface area contributed by atoms with E-state index in [1.165, 1.54) is 31.4 Å². The molecule has 2 saturated heterocycles. The number of amides is 3. The molecule has 4 rings (SSSR count). The van der Waals surface area contributed by atoms with Gasteiger partial charge in [-0.3, -0.25) is 14.9 Å². The van der Waals surface area contributed by atoms with Crippen molar-refractivity contribution in [1.82, 2.24) is 15.1 Å². The fourth-order valence-electron chi connectivity index (χ4n) is 4.18. The number of carbonyl (C=O) groups excluding carboxylic acids is 3. The molecule has 0 atom stereocenters. The minimum absolute atomic E-state index is 0.0873. The predicted octanol–water partition coefficient (Wildman–Crippen LogP) is 2.01. The molecule has 2 aromatic rings.